The van der Waals surface area contributed by atoms with Crippen LogP contribution in [0.2, 0.25) is 10.0 Å². The number of hydrogen-bond donors (Lipinski definition) is 1. The van der Waals surface area contributed by atoms with Crippen molar-refractivity contribution in [2.75, 3.05) is 5.32 Å². The molecule has 31 heavy (non-hydrogen) atoms. The number of aromatic nitrogens is 4. The molecule has 0 spiro atoms. The van der Waals surface area contributed by atoms with Gasteiger partial charge >= 0.3 is 0 Å². The Morgan fingerprint density at radius 2 is 1.84 bits per heavy atom. The van der Waals surface area contributed by atoms with E-state index in [2.05, 4.69) is 15.5 Å². The molecule has 6 nitrogen and oxygen atoms in total. The molecule has 0 fully saturated rings. The number of aryl methyl sites for hydroxylation is 2. The van der Waals surface area contributed by atoms with Crippen LogP contribution in [0.3, 0.4) is 0 Å². The lowest BCUT2D eigenvalue weighted by Gasteiger charge is -2.06. The Morgan fingerprint density at radius 1 is 1.06 bits per heavy atom. The second-order valence-electron chi connectivity index (χ2n) is 7.34. The van der Waals surface area contributed by atoms with E-state index < -0.39 is 0 Å². The van der Waals surface area contributed by atoms with Crippen LogP contribution in [0.25, 0.3) is 0 Å². The Morgan fingerprint density at radius 3 is 2.55 bits per heavy atom. The minimum absolute atomic E-state index is 0.190. The van der Waals surface area contributed by atoms with Crippen molar-refractivity contribution < 1.29 is 4.79 Å². The second-order valence-corrected chi connectivity index (χ2v) is 9.03. The van der Waals surface area contributed by atoms with E-state index in [-0.39, 0.29) is 5.91 Å². The van der Waals surface area contributed by atoms with Crippen molar-refractivity contribution in [1.29, 1.82) is 0 Å². The third-order valence-electron chi connectivity index (χ3n) is 5.00. The van der Waals surface area contributed by atoms with E-state index in [1.807, 2.05) is 71.9 Å². The molecule has 160 valence electrons. The van der Waals surface area contributed by atoms with Crippen LogP contribution >= 0.6 is 34.5 Å². The molecule has 0 atom stereocenters. The van der Waals surface area contributed by atoms with Gasteiger partial charge in [-0.25, -0.2) is 0 Å². The minimum Gasteiger partial charge on any atom is -0.304 e. The van der Waals surface area contributed by atoms with Crippen LogP contribution in [0, 0.1) is 20.8 Å². The minimum atomic E-state index is -0.190. The summed E-state index contributed by atoms with van der Waals surface area (Å²) in [7, 11) is 0. The first kappa shape index (κ1) is 21.6. The van der Waals surface area contributed by atoms with Gasteiger partial charge in [0.2, 0.25) is 0 Å². The average molecular weight is 474 g/mol. The summed E-state index contributed by atoms with van der Waals surface area (Å²) in [6.45, 7) is 6.86. The number of hydrogen-bond acceptors (Lipinski definition) is 4. The Balaban J connectivity index is 1.44. The second kappa shape index (κ2) is 8.86. The molecule has 0 aliphatic heterocycles. The van der Waals surface area contributed by atoms with Gasteiger partial charge in [-0.1, -0.05) is 41.4 Å². The van der Waals surface area contributed by atoms with E-state index in [4.69, 9.17) is 23.2 Å². The van der Waals surface area contributed by atoms with Crippen molar-refractivity contribution in [3.05, 3.63) is 84.9 Å². The van der Waals surface area contributed by atoms with Gasteiger partial charge < -0.3 is 5.32 Å². The highest BCUT2D eigenvalue weighted by Gasteiger charge is 2.15. The number of anilines is 1. The molecule has 1 aromatic carbocycles. The fourth-order valence-electron chi connectivity index (χ4n) is 3.28. The number of nitrogens with zero attached hydrogens (tertiary/aromatic N) is 4. The summed E-state index contributed by atoms with van der Waals surface area (Å²) in [6, 6.07) is 11.4. The fourth-order valence-corrected chi connectivity index (χ4v) is 4.41. The van der Waals surface area contributed by atoms with Crippen LogP contribution < -0.4 is 5.32 Å². The molecule has 0 bridgehead atoms. The lowest BCUT2D eigenvalue weighted by Crippen LogP contribution is -2.11. The topological polar surface area (TPSA) is 64.7 Å². The van der Waals surface area contributed by atoms with Gasteiger partial charge in [0.25, 0.3) is 5.91 Å². The molecule has 0 unspecified atom stereocenters. The third kappa shape index (κ3) is 4.69. The van der Waals surface area contributed by atoms with Gasteiger partial charge in [0.15, 0.2) is 5.82 Å². The lowest BCUT2D eigenvalue weighted by atomic mass is 10.2. The molecule has 0 aliphatic carbocycles. The van der Waals surface area contributed by atoms with Crippen molar-refractivity contribution >= 4 is 46.3 Å². The summed E-state index contributed by atoms with van der Waals surface area (Å²) in [4.78, 5) is 13.3. The summed E-state index contributed by atoms with van der Waals surface area (Å²) < 4.78 is 3.67. The maximum atomic E-state index is 12.7. The van der Waals surface area contributed by atoms with Gasteiger partial charge in [-0.2, -0.15) is 10.2 Å². The van der Waals surface area contributed by atoms with E-state index in [1.165, 1.54) is 11.3 Å². The van der Waals surface area contributed by atoms with Crippen LogP contribution in [-0.2, 0) is 13.1 Å². The fraction of sp³-hybridized carbons (Fsp3) is 0.227. The van der Waals surface area contributed by atoms with Crippen molar-refractivity contribution in [2.24, 2.45) is 0 Å². The van der Waals surface area contributed by atoms with Crippen molar-refractivity contribution in [1.82, 2.24) is 19.6 Å². The van der Waals surface area contributed by atoms with E-state index >= 15 is 0 Å². The zero-order valence-electron chi connectivity index (χ0n) is 17.3. The summed E-state index contributed by atoms with van der Waals surface area (Å²) in [5.41, 5.74) is 4.62. The van der Waals surface area contributed by atoms with Gasteiger partial charge in [-0.3, -0.25) is 14.2 Å². The molecule has 0 saturated carbocycles. The molecule has 4 rings (SSSR count). The number of carbonyl (C=O) groups is 1. The van der Waals surface area contributed by atoms with Crippen molar-refractivity contribution in [3.63, 3.8) is 0 Å². The van der Waals surface area contributed by atoms with Gasteiger partial charge in [0.1, 0.15) is 0 Å². The summed E-state index contributed by atoms with van der Waals surface area (Å²) >= 11 is 13.9. The molecule has 4 aromatic rings. The van der Waals surface area contributed by atoms with E-state index in [9.17, 15) is 4.79 Å². The smallest absolute Gasteiger partial charge is 0.266 e. The molecule has 9 heteroatoms. The van der Waals surface area contributed by atoms with Crippen LogP contribution in [0.15, 0.2) is 41.8 Å². The molecule has 0 saturated heterocycles. The van der Waals surface area contributed by atoms with Crippen LogP contribution in [0.4, 0.5) is 5.82 Å². The monoisotopic (exact) mass is 473 g/mol. The first-order valence-electron chi connectivity index (χ1n) is 9.68. The van der Waals surface area contributed by atoms with E-state index in [0.717, 1.165) is 28.2 Å². The first-order chi connectivity index (χ1) is 14.8. The van der Waals surface area contributed by atoms with Crippen molar-refractivity contribution in [3.8, 4) is 0 Å². The quantitative estimate of drug-likeness (QED) is 0.389. The van der Waals surface area contributed by atoms with Gasteiger partial charge in [-0.15, -0.1) is 11.3 Å². The molecule has 3 heterocycles. The Labute approximate surface area is 194 Å². The number of nitrogens with one attached hydrogen (secondary N) is 1. The number of benzene rings is 1. The number of thiophene rings is 1. The predicted octanol–water partition coefficient (Wildman–Crippen LogP) is 5.72. The van der Waals surface area contributed by atoms with Gasteiger partial charge in [-0.05, 0) is 49.4 Å². The summed E-state index contributed by atoms with van der Waals surface area (Å²) in [5, 5.41) is 15.2. The van der Waals surface area contributed by atoms with Gasteiger partial charge in [0.05, 0.1) is 34.4 Å². The third-order valence-corrected chi connectivity index (χ3v) is 6.90. The molecular formula is C22H21Cl2N5OS. The number of amides is 1. The molecule has 3 aromatic heterocycles. The zero-order chi connectivity index (χ0) is 22.1. The Bertz CT molecular complexity index is 1260. The maximum absolute atomic E-state index is 12.7. The molecule has 0 radical (unpaired) electrons. The zero-order valence-corrected chi connectivity index (χ0v) is 19.6. The Hall–Kier alpha value is -2.61. The molecular weight excluding hydrogens is 453 g/mol. The van der Waals surface area contributed by atoms with E-state index in [1.54, 1.807) is 0 Å². The van der Waals surface area contributed by atoms with Crippen molar-refractivity contribution in [2.45, 2.75) is 33.9 Å². The van der Waals surface area contributed by atoms with E-state index in [0.29, 0.717) is 33.8 Å². The highest BCUT2D eigenvalue weighted by Crippen LogP contribution is 2.23. The summed E-state index contributed by atoms with van der Waals surface area (Å²) in [6.07, 6.45) is 0. The number of rotatable bonds is 6. The predicted molar refractivity (Wildman–Crippen MR) is 126 cm³/mol. The highest BCUT2D eigenvalue weighted by atomic mass is 35.5. The van der Waals surface area contributed by atoms with Crippen LogP contribution in [0.5, 0.6) is 0 Å². The highest BCUT2D eigenvalue weighted by molar-refractivity contribution is 7.12. The average Bonchev–Trinajstić information content (AvgIpc) is 3.40. The Kier molecular flexibility index (Phi) is 6.18. The van der Waals surface area contributed by atoms with Crippen LogP contribution in [-0.4, -0.2) is 25.5 Å². The standard InChI is InChI=1S/C22H21Cl2N5OS/c1-13-8-20(27-28(13)11-17-6-4-5-7-18(17)23)25-22(30)19-9-16(12-31-19)10-29-15(3)21(24)14(2)26-29/h4-9,12H,10-11H2,1-3H3,(H,25,27,30). The molecule has 0 aliphatic rings. The maximum Gasteiger partial charge on any atom is 0.266 e. The number of halogens is 2. The normalized spacial score (nSPS) is 11.1. The van der Waals surface area contributed by atoms with Crippen LogP contribution in [0.1, 0.15) is 37.9 Å². The summed E-state index contributed by atoms with van der Waals surface area (Å²) in [5.74, 6) is 0.319. The lowest BCUT2D eigenvalue weighted by molar-refractivity contribution is 0.103. The first-order valence-corrected chi connectivity index (χ1v) is 11.3. The SMILES string of the molecule is Cc1nn(Cc2csc(C(=O)Nc3cc(C)n(Cc4ccccc4Cl)n3)c2)c(C)c1Cl. The molecule has 1 amide bonds. The molecule has 1 N–H and O–H groups in total. The number of carbonyl (C=O) groups excluding carboxylic acids is 1. The largest absolute Gasteiger partial charge is 0.304 e. The van der Waals surface area contributed by atoms with Gasteiger partial charge in [0, 0.05) is 16.8 Å².